The summed E-state index contributed by atoms with van der Waals surface area (Å²) in [6.45, 7) is 3.59. The van der Waals surface area contributed by atoms with E-state index in [-0.39, 0.29) is 0 Å². The minimum absolute atomic E-state index is 0.422. The summed E-state index contributed by atoms with van der Waals surface area (Å²) in [6.07, 6.45) is 7.34. The molecule has 0 unspecified atom stereocenters. The van der Waals surface area contributed by atoms with Gasteiger partial charge in [0.1, 0.15) is 0 Å². The molecule has 1 atom stereocenters. The monoisotopic (exact) mass is 316 g/mol. The molecule has 0 bridgehead atoms. The summed E-state index contributed by atoms with van der Waals surface area (Å²) in [5.41, 5.74) is 1.56. The molecule has 0 aliphatic heterocycles. The van der Waals surface area contributed by atoms with Crippen LogP contribution in [-0.2, 0) is 20.9 Å². The Balaban J connectivity index is 1.80. The molecule has 1 aromatic carbocycles. The normalized spacial score (nSPS) is 16.8. The first kappa shape index (κ1) is 17.2. The van der Waals surface area contributed by atoms with Crippen LogP contribution in [0.1, 0.15) is 31.7 Å². The molecule has 5 heteroatoms. The molecule has 0 saturated carbocycles. The van der Waals surface area contributed by atoms with Crippen LogP contribution in [0.15, 0.2) is 36.4 Å². The summed E-state index contributed by atoms with van der Waals surface area (Å²) in [6, 6.07) is 7.32. The van der Waals surface area contributed by atoms with Gasteiger partial charge in [-0.25, -0.2) is 0 Å². The van der Waals surface area contributed by atoms with Crippen LogP contribution in [0.3, 0.4) is 0 Å². The molecule has 0 radical (unpaired) electrons. The predicted octanol–water partition coefficient (Wildman–Crippen LogP) is 2.63. The Labute approximate surface area is 137 Å². The van der Waals surface area contributed by atoms with Crippen molar-refractivity contribution in [1.29, 1.82) is 0 Å². The van der Waals surface area contributed by atoms with Crippen LogP contribution >= 0.6 is 0 Å². The van der Waals surface area contributed by atoms with Crippen LogP contribution in [0.2, 0.25) is 0 Å². The number of ether oxygens (including phenoxy) is 1. The van der Waals surface area contributed by atoms with Gasteiger partial charge in [-0.2, -0.15) is 0 Å². The molecule has 0 saturated heterocycles. The lowest BCUT2D eigenvalue weighted by Crippen LogP contribution is -2.38. The molecule has 23 heavy (non-hydrogen) atoms. The molecule has 1 aromatic rings. The van der Waals surface area contributed by atoms with Crippen LogP contribution in [0, 0.1) is 5.92 Å². The molecule has 5 nitrogen and oxygen atoms in total. The van der Waals surface area contributed by atoms with Gasteiger partial charge >= 0.3 is 11.8 Å². The zero-order valence-electron chi connectivity index (χ0n) is 13.5. The summed E-state index contributed by atoms with van der Waals surface area (Å²) in [7, 11) is 0. The lowest BCUT2D eigenvalue weighted by molar-refractivity contribution is -0.136. The van der Waals surface area contributed by atoms with Crippen LogP contribution in [0.5, 0.6) is 0 Å². The minimum Gasteiger partial charge on any atom is -0.377 e. The van der Waals surface area contributed by atoms with Gasteiger partial charge in [0.2, 0.25) is 0 Å². The second-order valence-corrected chi connectivity index (χ2v) is 5.65. The number of benzene rings is 1. The first-order valence-electron chi connectivity index (χ1n) is 8.10. The maximum absolute atomic E-state index is 11.9. The van der Waals surface area contributed by atoms with Crippen molar-refractivity contribution in [2.24, 2.45) is 5.92 Å². The number of anilines is 1. The van der Waals surface area contributed by atoms with Gasteiger partial charge < -0.3 is 15.4 Å². The van der Waals surface area contributed by atoms with Crippen molar-refractivity contribution >= 4 is 17.5 Å². The molecule has 0 heterocycles. The lowest BCUT2D eigenvalue weighted by Gasteiger charge is -2.17. The maximum Gasteiger partial charge on any atom is 0.313 e. The van der Waals surface area contributed by atoms with Crippen molar-refractivity contribution in [1.82, 2.24) is 5.32 Å². The number of hydrogen-bond donors (Lipinski definition) is 2. The van der Waals surface area contributed by atoms with E-state index in [1.165, 1.54) is 0 Å². The highest BCUT2D eigenvalue weighted by Crippen LogP contribution is 2.17. The van der Waals surface area contributed by atoms with Gasteiger partial charge in [0, 0.05) is 18.8 Å². The lowest BCUT2D eigenvalue weighted by atomic mass is 9.94. The van der Waals surface area contributed by atoms with E-state index < -0.39 is 11.8 Å². The van der Waals surface area contributed by atoms with Crippen LogP contribution in [0.25, 0.3) is 0 Å². The molecule has 2 N–H and O–H groups in total. The maximum atomic E-state index is 11.9. The largest absolute Gasteiger partial charge is 0.377 e. The van der Waals surface area contributed by atoms with Crippen molar-refractivity contribution in [3.63, 3.8) is 0 Å². The quantitative estimate of drug-likeness (QED) is 0.626. The Morgan fingerprint density at radius 1 is 1.26 bits per heavy atom. The van der Waals surface area contributed by atoms with E-state index in [0.717, 1.165) is 24.8 Å². The van der Waals surface area contributed by atoms with Crippen molar-refractivity contribution in [2.75, 3.05) is 18.5 Å². The fraction of sp³-hybridized carbons (Fsp3) is 0.444. The summed E-state index contributed by atoms with van der Waals surface area (Å²) < 4.78 is 5.34. The van der Waals surface area contributed by atoms with Crippen molar-refractivity contribution in [3.8, 4) is 0 Å². The van der Waals surface area contributed by atoms with Crippen LogP contribution < -0.4 is 10.6 Å². The molecular formula is C18H24N2O3. The van der Waals surface area contributed by atoms with Gasteiger partial charge in [0.25, 0.3) is 0 Å². The number of carbonyl (C=O) groups is 2. The molecule has 0 spiro atoms. The molecule has 124 valence electrons. The molecule has 0 aromatic heterocycles. The van der Waals surface area contributed by atoms with Crippen molar-refractivity contribution in [3.05, 3.63) is 42.0 Å². The Hall–Kier alpha value is -2.14. The second-order valence-electron chi connectivity index (χ2n) is 5.65. The predicted molar refractivity (Wildman–Crippen MR) is 89.9 cm³/mol. The summed E-state index contributed by atoms with van der Waals surface area (Å²) in [5.74, 6) is -0.800. The standard InChI is InChI=1S/C18H24N2O3/c1-2-23-13-15-9-6-10-16(11-15)20-18(22)17(21)19-12-14-7-4-3-5-8-14/h3-4,6,9-11,14H,2,5,7-8,12-13H2,1H3,(H,19,21)(H,20,22)/t14-/m0/s1. The molecular weight excluding hydrogens is 292 g/mol. The van der Waals surface area contributed by atoms with Gasteiger partial charge in [-0.1, -0.05) is 24.3 Å². The molecule has 2 rings (SSSR count). The molecule has 0 fully saturated rings. The van der Waals surface area contributed by atoms with E-state index in [9.17, 15) is 9.59 Å². The summed E-state index contributed by atoms with van der Waals surface area (Å²) in [5, 5.41) is 5.34. The summed E-state index contributed by atoms with van der Waals surface area (Å²) in [4.78, 5) is 23.8. The zero-order chi connectivity index (χ0) is 16.5. The van der Waals surface area contributed by atoms with Gasteiger partial charge in [0.05, 0.1) is 6.61 Å². The Morgan fingerprint density at radius 2 is 2.13 bits per heavy atom. The number of allylic oxidation sites excluding steroid dienone is 2. The molecule has 1 aliphatic carbocycles. The number of rotatable bonds is 6. The Morgan fingerprint density at radius 3 is 2.87 bits per heavy atom. The highest BCUT2D eigenvalue weighted by Gasteiger charge is 2.16. The van der Waals surface area contributed by atoms with Crippen molar-refractivity contribution < 1.29 is 14.3 Å². The minimum atomic E-state index is -0.634. The van der Waals surface area contributed by atoms with Crippen LogP contribution in [-0.4, -0.2) is 25.0 Å². The topological polar surface area (TPSA) is 67.4 Å². The average molecular weight is 316 g/mol. The first-order valence-corrected chi connectivity index (χ1v) is 8.10. The number of hydrogen-bond acceptors (Lipinski definition) is 3. The van der Waals surface area contributed by atoms with Gasteiger partial charge in [-0.15, -0.1) is 0 Å². The van der Waals surface area contributed by atoms with Gasteiger partial charge in [0.15, 0.2) is 0 Å². The second kappa shape index (κ2) is 9.10. The highest BCUT2D eigenvalue weighted by molar-refractivity contribution is 6.39. The summed E-state index contributed by atoms with van der Waals surface area (Å²) >= 11 is 0. The third-order valence-corrected chi connectivity index (χ3v) is 3.79. The van der Waals surface area contributed by atoms with E-state index in [1.807, 2.05) is 25.1 Å². The van der Waals surface area contributed by atoms with E-state index in [1.54, 1.807) is 6.07 Å². The smallest absolute Gasteiger partial charge is 0.313 e. The van der Waals surface area contributed by atoms with Crippen LogP contribution in [0.4, 0.5) is 5.69 Å². The number of amides is 2. The fourth-order valence-electron chi connectivity index (χ4n) is 2.51. The number of nitrogens with one attached hydrogen (secondary N) is 2. The highest BCUT2D eigenvalue weighted by atomic mass is 16.5. The third kappa shape index (κ3) is 5.87. The van der Waals surface area contributed by atoms with Gasteiger partial charge in [-0.05, 0) is 49.8 Å². The zero-order valence-corrected chi connectivity index (χ0v) is 13.5. The number of carbonyl (C=O) groups excluding carboxylic acids is 2. The SMILES string of the molecule is CCOCc1cccc(NC(=O)C(=O)NC[C@H]2CC=CCC2)c1. The van der Waals surface area contributed by atoms with E-state index in [4.69, 9.17) is 4.74 Å². The Kier molecular flexibility index (Phi) is 6.81. The van der Waals surface area contributed by atoms with E-state index in [0.29, 0.717) is 31.4 Å². The van der Waals surface area contributed by atoms with E-state index in [2.05, 4.69) is 22.8 Å². The average Bonchev–Trinajstić information content (AvgIpc) is 2.59. The molecule has 1 aliphatic rings. The van der Waals surface area contributed by atoms with E-state index >= 15 is 0 Å². The third-order valence-electron chi connectivity index (χ3n) is 3.79. The Bertz CT molecular complexity index is 569. The van der Waals surface area contributed by atoms with Crippen molar-refractivity contribution in [2.45, 2.75) is 32.8 Å². The van der Waals surface area contributed by atoms with Gasteiger partial charge in [-0.3, -0.25) is 9.59 Å². The fourth-order valence-corrected chi connectivity index (χ4v) is 2.51. The first-order chi connectivity index (χ1) is 11.2. The molecule has 2 amide bonds.